The molecule has 1 amide bonds. The average molecular weight is 317 g/mol. The van der Waals surface area contributed by atoms with E-state index in [1.165, 1.54) is 0 Å². The first-order valence-electron chi connectivity index (χ1n) is 7.98. The van der Waals surface area contributed by atoms with Crippen LogP contribution in [0, 0.1) is 0 Å². The molecule has 0 saturated carbocycles. The summed E-state index contributed by atoms with van der Waals surface area (Å²) in [7, 11) is 0. The summed E-state index contributed by atoms with van der Waals surface area (Å²) in [6, 6.07) is 9.36. The van der Waals surface area contributed by atoms with Crippen molar-refractivity contribution >= 4 is 16.9 Å². The van der Waals surface area contributed by atoms with E-state index in [0.29, 0.717) is 37.0 Å². The Hall–Kier alpha value is -2.43. The summed E-state index contributed by atoms with van der Waals surface area (Å²) < 4.78 is 16.9. The molecule has 0 aliphatic rings. The van der Waals surface area contributed by atoms with Gasteiger partial charge in [0.2, 0.25) is 0 Å². The van der Waals surface area contributed by atoms with Gasteiger partial charge in [0.15, 0.2) is 11.5 Å². The van der Waals surface area contributed by atoms with Gasteiger partial charge in [-0.15, -0.1) is 0 Å². The molecule has 0 spiro atoms. The Balaban J connectivity index is 2.47. The minimum absolute atomic E-state index is 0.459. The molecule has 1 N–H and O–H groups in total. The number of carbonyl (C=O) groups is 1. The van der Waals surface area contributed by atoms with Gasteiger partial charge in [-0.05, 0) is 20.3 Å². The normalized spacial score (nSPS) is 10.4. The van der Waals surface area contributed by atoms with Crippen LogP contribution >= 0.6 is 0 Å². The number of amides is 1. The number of fused-ring (bicyclic) bond motifs is 1. The lowest BCUT2D eigenvalue weighted by atomic mass is 10.1. The van der Waals surface area contributed by atoms with Gasteiger partial charge in [-0.2, -0.15) is 0 Å². The topological polar surface area (TPSA) is 56.8 Å². The van der Waals surface area contributed by atoms with Gasteiger partial charge in [-0.1, -0.05) is 31.2 Å². The molecule has 2 rings (SSSR count). The van der Waals surface area contributed by atoms with Crippen LogP contribution < -0.4 is 19.5 Å². The van der Waals surface area contributed by atoms with Gasteiger partial charge in [0, 0.05) is 23.4 Å². The Morgan fingerprint density at radius 3 is 2.35 bits per heavy atom. The largest absolute Gasteiger partial charge is 0.490 e. The molecule has 5 heteroatoms. The van der Waals surface area contributed by atoms with Gasteiger partial charge in [-0.25, -0.2) is 4.79 Å². The third-order valence-corrected chi connectivity index (χ3v) is 3.23. The number of ether oxygens (including phenoxy) is 3. The molecule has 0 aliphatic carbocycles. The predicted octanol–water partition coefficient (Wildman–Crippen LogP) is 4.14. The maximum atomic E-state index is 11.9. The van der Waals surface area contributed by atoms with Crippen molar-refractivity contribution in [1.29, 1.82) is 0 Å². The van der Waals surface area contributed by atoms with E-state index in [2.05, 4.69) is 5.32 Å². The summed E-state index contributed by atoms with van der Waals surface area (Å²) in [6.45, 7) is 7.42. The van der Waals surface area contributed by atoms with Crippen molar-refractivity contribution in [1.82, 2.24) is 5.32 Å². The van der Waals surface area contributed by atoms with Crippen LogP contribution in [0.4, 0.5) is 4.79 Å². The summed E-state index contributed by atoms with van der Waals surface area (Å²) >= 11 is 0. The molecule has 0 radical (unpaired) electrons. The molecule has 23 heavy (non-hydrogen) atoms. The minimum atomic E-state index is -0.469. The molecule has 0 aliphatic heterocycles. The number of hydrogen-bond donors (Lipinski definition) is 1. The van der Waals surface area contributed by atoms with Crippen LogP contribution in [0.3, 0.4) is 0 Å². The van der Waals surface area contributed by atoms with Gasteiger partial charge >= 0.3 is 6.09 Å². The van der Waals surface area contributed by atoms with E-state index in [4.69, 9.17) is 14.2 Å². The van der Waals surface area contributed by atoms with E-state index in [0.717, 1.165) is 17.2 Å². The second-order valence-corrected chi connectivity index (χ2v) is 4.93. The minimum Gasteiger partial charge on any atom is -0.490 e. The summed E-state index contributed by atoms with van der Waals surface area (Å²) in [5.41, 5.74) is 0. The first-order chi connectivity index (χ1) is 11.2. The maximum absolute atomic E-state index is 11.9. The highest BCUT2D eigenvalue weighted by atomic mass is 16.6. The van der Waals surface area contributed by atoms with Crippen LogP contribution in [-0.2, 0) is 0 Å². The molecule has 0 fully saturated rings. The molecule has 0 saturated heterocycles. The number of benzene rings is 2. The quantitative estimate of drug-likeness (QED) is 0.834. The molecule has 0 heterocycles. The van der Waals surface area contributed by atoms with Crippen molar-refractivity contribution in [3.8, 4) is 17.2 Å². The Kier molecular flexibility index (Phi) is 6.09. The fourth-order valence-electron chi connectivity index (χ4n) is 2.29. The summed E-state index contributed by atoms with van der Waals surface area (Å²) in [4.78, 5) is 11.9. The lowest BCUT2D eigenvalue weighted by Gasteiger charge is -2.16. The molecule has 5 nitrogen and oxygen atoms in total. The SMILES string of the molecule is CCCNC(=O)Oc1cc(OCC)c(OCC)c2ccccc12. The zero-order valence-electron chi connectivity index (χ0n) is 13.8. The van der Waals surface area contributed by atoms with Crippen LogP contribution in [0.25, 0.3) is 10.8 Å². The fourth-order valence-corrected chi connectivity index (χ4v) is 2.29. The molecular formula is C18H23NO4. The number of carbonyl (C=O) groups excluding carboxylic acids is 1. The highest BCUT2D eigenvalue weighted by Crippen LogP contribution is 2.41. The Bertz CT molecular complexity index is 669. The highest BCUT2D eigenvalue weighted by molar-refractivity contribution is 5.96. The summed E-state index contributed by atoms with van der Waals surface area (Å²) in [5.74, 6) is 1.71. The van der Waals surface area contributed by atoms with Crippen molar-refractivity contribution in [3.63, 3.8) is 0 Å². The van der Waals surface area contributed by atoms with Crippen LogP contribution in [0.2, 0.25) is 0 Å². The van der Waals surface area contributed by atoms with E-state index in [1.807, 2.05) is 45.0 Å². The van der Waals surface area contributed by atoms with Crippen molar-refractivity contribution < 1.29 is 19.0 Å². The zero-order chi connectivity index (χ0) is 16.7. The first-order valence-corrected chi connectivity index (χ1v) is 7.98. The molecule has 0 unspecified atom stereocenters. The summed E-state index contributed by atoms with van der Waals surface area (Å²) in [6.07, 6.45) is 0.382. The fraction of sp³-hybridized carbons (Fsp3) is 0.389. The predicted molar refractivity (Wildman–Crippen MR) is 90.6 cm³/mol. The maximum Gasteiger partial charge on any atom is 0.412 e. The van der Waals surface area contributed by atoms with Gasteiger partial charge in [0.25, 0.3) is 0 Å². The van der Waals surface area contributed by atoms with Crippen LogP contribution in [0.1, 0.15) is 27.2 Å². The van der Waals surface area contributed by atoms with Crippen molar-refractivity contribution in [3.05, 3.63) is 30.3 Å². The molecular weight excluding hydrogens is 294 g/mol. The van der Waals surface area contributed by atoms with Gasteiger partial charge in [-0.3, -0.25) is 0 Å². The van der Waals surface area contributed by atoms with Crippen LogP contribution in [0.5, 0.6) is 17.2 Å². The second-order valence-electron chi connectivity index (χ2n) is 4.93. The molecule has 0 atom stereocenters. The Morgan fingerprint density at radius 1 is 1.00 bits per heavy atom. The monoisotopic (exact) mass is 317 g/mol. The molecule has 2 aromatic carbocycles. The van der Waals surface area contributed by atoms with Crippen molar-refractivity contribution in [2.24, 2.45) is 0 Å². The molecule has 124 valence electrons. The number of hydrogen-bond acceptors (Lipinski definition) is 4. The summed E-state index contributed by atoms with van der Waals surface area (Å²) in [5, 5.41) is 4.37. The first kappa shape index (κ1) is 16.9. The van der Waals surface area contributed by atoms with Gasteiger partial charge < -0.3 is 19.5 Å². The second kappa shape index (κ2) is 8.27. The highest BCUT2D eigenvalue weighted by Gasteiger charge is 2.17. The van der Waals surface area contributed by atoms with E-state index in [9.17, 15) is 4.79 Å². The average Bonchev–Trinajstić information content (AvgIpc) is 2.56. The van der Waals surface area contributed by atoms with E-state index >= 15 is 0 Å². The zero-order valence-corrected chi connectivity index (χ0v) is 13.8. The van der Waals surface area contributed by atoms with Gasteiger partial charge in [0.05, 0.1) is 13.2 Å². The Labute approximate surface area is 136 Å². The third-order valence-electron chi connectivity index (χ3n) is 3.23. The molecule has 0 bridgehead atoms. The van der Waals surface area contributed by atoms with Gasteiger partial charge in [0.1, 0.15) is 5.75 Å². The smallest absolute Gasteiger partial charge is 0.412 e. The lowest BCUT2D eigenvalue weighted by molar-refractivity contribution is 0.200. The number of rotatable bonds is 7. The van der Waals surface area contributed by atoms with Crippen molar-refractivity contribution in [2.45, 2.75) is 27.2 Å². The standard InChI is InChI=1S/C18H23NO4/c1-4-11-19-18(20)23-15-12-16(21-5-2)17(22-6-3)14-10-8-7-9-13(14)15/h7-10,12H,4-6,11H2,1-3H3,(H,19,20). The molecule has 0 aromatic heterocycles. The van der Waals surface area contributed by atoms with Crippen LogP contribution in [0.15, 0.2) is 30.3 Å². The Morgan fingerprint density at radius 2 is 1.70 bits per heavy atom. The van der Waals surface area contributed by atoms with E-state index < -0.39 is 6.09 Å². The lowest BCUT2D eigenvalue weighted by Crippen LogP contribution is -2.27. The molecule has 2 aromatic rings. The van der Waals surface area contributed by atoms with Crippen molar-refractivity contribution in [2.75, 3.05) is 19.8 Å². The van der Waals surface area contributed by atoms with E-state index in [1.54, 1.807) is 6.07 Å². The van der Waals surface area contributed by atoms with Crippen LogP contribution in [-0.4, -0.2) is 25.9 Å². The van der Waals surface area contributed by atoms with E-state index in [-0.39, 0.29) is 0 Å². The number of nitrogens with one attached hydrogen (secondary N) is 1. The third kappa shape index (κ3) is 4.06.